The summed E-state index contributed by atoms with van der Waals surface area (Å²) >= 11 is 1.56. The van der Waals surface area contributed by atoms with E-state index >= 15 is 0 Å². The third-order valence-corrected chi connectivity index (χ3v) is 7.68. The first-order valence-electron chi connectivity index (χ1n) is 12.8. The summed E-state index contributed by atoms with van der Waals surface area (Å²) < 4.78 is 18.6. The van der Waals surface area contributed by atoms with E-state index in [9.17, 15) is 4.79 Å². The lowest BCUT2D eigenvalue weighted by Gasteiger charge is -2.21. The van der Waals surface area contributed by atoms with Gasteiger partial charge in [0.15, 0.2) is 0 Å². The fraction of sp³-hybridized carbons (Fsp3) is 0.500. The normalized spacial score (nSPS) is 14.1. The molecule has 4 rings (SSSR count). The third-order valence-electron chi connectivity index (χ3n) is 6.85. The standard InChI is InChI=1S/C28H37N3O4S/c1-20-24(28(32)29-17-21-8-5-4-6-9-21)16-26(31(20)14-7-15-33-2)25-19-36-27(30-25)18-35-23-12-10-22(34-3)11-13-23/h10-13,16,19,21H,4-9,14-15,17-18H2,1-3H3,(H,29,32). The smallest absolute Gasteiger partial charge is 0.253 e. The molecular weight excluding hydrogens is 474 g/mol. The monoisotopic (exact) mass is 511 g/mol. The summed E-state index contributed by atoms with van der Waals surface area (Å²) in [5.41, 5.74) is 3.51. The van der Waals surface area contributed by atoms with Crippen LogP contribution >= 0.6 is 11.3 Å². The van der Waals surface area contributed by atoms with Crippen molar-refractivity contribution in [1.82, 2.24) is 14.9 Å². The Morgan fingerprint density at radius 3 is 2.61 bits per heavy atom. The van der Waals surface area contributed by atoms with Crippen LogP contribution in [0.25, 0.3) is 11.4 Å². The number of benzene rings is 1. The third kappa shape index (κ3) is 6.68. The minimum Gasteiger partial charge on any atom is -0.497 e. The number of carbonyl (C=O) groups is 1. The summed E-state index contributed by atoms with van der Waals surface area (Å²) in [6.07, 6.45) is 7.14. The predicted octanol–water partition coefficient (Wildman–Crippen LogP) is 5.85. The lowest BCUT2D eigenvalue weighted by Crippen LogP contribution is -2.30. The first-order valence-corrected chi connectivity index (χ1v) is 13.7. The number of ether oxygens (including phenoxy) is 3. The first kappa shape index (κ1) is 26.2. The van der Waals surface area contributed by atoms with E-state index in [1.807, 2.05) is 42.6 Å². The van der Waals surface area contributed by atoms with Crippen molar-refractivity contribution in [2.24, 2.45) is 5.92 Å². The highest BCUT2D eigenvalue weighted by Crippen LogP contribution is 2.29. The van der Waals surface area contributed by atoms with Gasteiger partial charge in [0.25, 0.3) is 5.91 Å². The van der Waals surface area contributed by atoms with E-state index in [0.29, 0.717) is 19.1 Å². The molecule has 1 fully saturated rings. The molecule has 0 bridgehead atoms. The second-order valence-electron chi connectivity index (χ2n) is 9.33. The highest BCUT2D eigenvalue weighted by molar-refractivity contribution is 7.09. The number of hydrogen-bond donors (Lipinski definition) is 1. The molecule has 1 aliphatic carbocycles. The van der Waals surface area contributed by atoms with E-state index in [0.717, 1.165) is 58.7 Å². The molecule has 0 spiro atoms. The summed E-state index contributed by atoms with van der Waals surface area (Å²) in [5.74, 6) is 2.16. The molecule has 0 atom stereocenters. The number of nitrogens with zero attached hydrogens (tertiary/aromatic N) is 2. The summed E-state index contributed by atoms with van der Waals surface area (Å²) in [6.45, 7) is 4.59. The van der Waals surface area contributed by atoms with Crippen molar-refractivity contribution >= 4 is 17.2 Å². The van der Waals surface area contributed by atoms with Gasteiger partial charge in [-0.2, -0.15) is 0 Å². The molecular formula is C28H37N3O4S. The van der Waals surface area contributed by atoms with Gasteiger partial charge in [0, 0.05) is 37.9 Å². The lowest BCUT2D eigenvalue weighted by atomic mass is 9.89. The largest absolute Gasteiger partial charge is 0.497 e. The molecule has 1 aromatic carbocycles. The van der Waals surface area contributed by atoms with Crippen molar-refractivity contribution in [1.29, 1.82) is 0 Å². The van der Waals surface area contributed by atoms with Gasteiger partial charge in [-0.3, -0.25) is 4.79 Å². The van der Waals surface area contributed by atoms with Crippen LogP contribution in [0.1, 0.15) is 59.6 Å². The Hall–Kier alpha value is -2.84. The molecule has 3 aromatic rings. The first-order chi connectivity index (χ1) is 17.6. The molecule has 8 heteroatoms. The summed E-state index contributed by atoms with van der Waals surface area (Å²) in [5, 5.41) is 6.12. The summed E-state index contributed by atoms with van der Waals surface area (Å²) in [7, 11) is 3.36. The fourth-order valence-electron chi connectivity index (χ4n) is 4.78. The highest BCUT2D eigenvalue weighted by Gasteiger charge is 2.21. The van der Waals surface area contributed by atoms with Crippen LogP contribution in [0, 0.1) is 12.8 Å². The Kier molecular flexibility index (Phi) is 9.41. The maximum Gasteiger partial charge on any atom is 0.253 e. The molecule has 1 amide bonds. The van der Waals surface area contributed by atoms with Gasteiger partial charge >= 0.3 is 0 Å². The number of methoxy groups -OCH3 is 2. The van der Waals surface area contributed by atoms with Gasteiger partial charge in [-0.15, -0.1) is 11.3 Å². The van der Waals surface area contributed by atoms with E-state index < -0.39 is 0 Å². The molecule has 2 heterocycles. The van der Waals surface area contributed by atoms with Crippen LogP contribution in [0.15, 0.2) is 35.7 Å². The zero-order chi connectivity index (χ0) is 25.3. The number of hydrogen-bond acceptors (Lipinski definition) is 6. The van der Waals surface area contributed by atoms with E-state index in [1.54, 1.807) is 25.6 Å². The van der Waals surface area contributed by atoms with Crippen molar-refractivity contribution in [2.75, 3.05) is 27.4 Å². The number of aromatic nitrogens is 2. The summed E-state index contributed by atoms with van der Waals surface area (Å²) in [4.78, 5) is 18.0. The Bertz CT molecular complexity index is 1120. The van der Waals surface area contributed by atoms with Gasteiger partial charge in [0.05, 0.1) is 24.1 Å². The van der Waals surface area contributed by atoms with E-state index in [1.165, 1.54) is 32.1 Å². The molecule has 1 aliphatic rings. The van der Waals surface area contributed by atoms with Crippen LogP contribution < -0.4 is 14.8 Å². The van der Waals surface area contributed by atoms with Crippen molar-refractivity contribution in [3.05, 3.63) is 52.0 Å². The predicted molar refractivity (Wildman–Crippen MR) is 143 cm³/mol. The molecule has 7 nitrogen and oxygen atoms in total. The second kappa shape index (κ2) is 12.9. The molecule has 0 saturated heterocycles. The Morgan fingerprint density at radius 1 is 1.14 bits per heavy atom. The van der Waals surface area contributed by atoms with Crippen LogP contribution in [0.4, 0.5) is 0 Å². The van der Waals surface area contributed by atoms with Crippen LogP contribution in [0.2, 0.25) is 0 Å². The van der Waals surface area contributed by atoms with E-state index in [-0.39, 0.29) is 5.91 Å². The van der Waals surface area contributed by atoms with Crippen LogP contribution in [-0.2, 0) is 17.9 Å². The molecule has 1 saturated carbocycles. The Morgan fingerprint density at radius 2 is 1.89 bits per heavy atom. The molecule has 2 aromatic heterocycles. The Balaban J connectivity index is 1.48. The minimum atomic E-state index is 0.00288. The van der Waals surface area contributed by atoms with E-state index in [2.05, 4.69) is 9.88 Å². The molecule has 0 aliphatic heterocycles. The minimum absolute atomic E-state index is 0.00288. The van der Waals surface area contributed by atoms with Gasteiger partial charge in [-0.05, 0) is 62.4 Å². The van der Waals surface area contributed by atoms with Crippen LogP contribution in [-0.4, -0.2) is 42.8 Å². The number of amides is 1. The number of rotatable bonds is 12. The fourth-order valence-corrected chi connectivity index (χ4v) is 5.48. The zero-order valence-corrected chi connectivity index (χ0v) is 22.4. The van der Waals surface area contributed by atoms with Gasteiger partial charge in [-0.25, -0.2) is 4.98 Å². The van der Waals surface area contributed by atoms with Gasteiger partial charge in [-0.1, -0.05) is 19.3 Å². The topological polar surface area (TPSA) is 74.6 Å². The second-order valence-corrected chi connectivity index (χ2v) is 10.3. The van der Waals surface area contributed by atoms with Crippen molar-refractivity contribution in [3.8, 4) is 22.9 Å². The average molecular weight is 512 g/mol. The van der Waals surface area contributed by atoms with Gasteiger partial charge in [0.1, 0.15) is 23.1 Å². The maximum absolute atomic E-state index is 13.1. The van der Waals surface area contributed by atoms with Crippen LogP contribution in [0.5, 0.6) is 11.5 Å². The van der Waals surface area contributed by atoms with Crippen molar-refractivity contribution in [3.63, 3.8) is 0 Å². The van der Waals surface area contributed by atoms with Crippen molar-refractivity contribution < 1.29 is 19.0 Å². The summed E-state index contributed by atoms with van der Waals surface area (Å²) in [6, 6.07) is 9.51. The Labute approximate surface area is 217 Å². The van der Waals surface area contributed by atoms with Crippen molar-refractivity contribution in [2.45, 2.75) is 58.6 Å². The van der Waals surface area contributed by atoms with E-state index in [4.69, 9.17) is 19.2 Å². The average Bonchev–Trinajstić information content (AvgIpc) is 3.51. The molecule has 0 radical (unpaired) electrons. The van der Waals surface area contributed by atoms with Crippen LogP contribution in [0.3, 0.4) is 0 Å². The molecule has 36 heavy (non-hydrogen) atoms. The number of thiazole rings is 1. The van der Waals surface area contributed by atoms with Gasteiger partial charge < -0.3 is 24.1 Å². The molecule has 1 N–H and O–H groups in total. The number of nitrogens with one attached hydrogen (secondary N) is 1. The zero-order valence-electron chi connectivity index (χ0n) is 21.5. The SMILES string of the molecule is COCCCn1c(-c2csc(COc3ccc(OC)cc3)n2)cc(C(=O)NCC2CCCCC2)c1C. The quantitative estimate of drug-likeness (QED) is 0.309. The highest BCUT2D eigenvalue weighted by atomic mass is 32.1. The lowest BCUT2D eigenvalue weighted by molar-refractivity contribution is 0.0943. The molecule has 194 valence electrons. The van der Waals surface area contributed by atoms with Gasteiger partial charge in [0.2, 0.25) is 0 Å². The molecule has 0 unspecified atom stereocenters. The maximum atomic E-state index is 13.1. The number of carbonyl (C=O) groups excluding carboxylic acids is 1.